The van der Waals surface area contributed by atoms with Gasteiger partial charge in [0, 0.05) is 6.21 Å². The number of benzene rings is 2. The highest BCUT2D eigenvalue weighted by Crippen LogP contribution is 2.24. The van der Waals surface area contributed by atoms with E-state index in [0.29, 0.717) is 5.56 Å². The molecule has 0 saturated carbocycles. The Hall–Kier alpha value is -2.40. The Morgan fingerprint density at radius 3 is 2.11 bits per heavy atom. The highest BCUT2D eigenvalue weighted by atomic mass is 14.7. The summed E-state index contributed by atoms with van der Waals surface area (Å²) in [6, 6.07) is 13.8. The molecule has 0 aliphatic heterocycles. The molecule has 0 aliphatic carbocycles. The van der Waals surface area contributed by atoms with E-state index >= 15 is 0 Å². The van der Waals surface area contributed by atoms with E-state index in [0.717, 1.165) is 11.3 Å². The van der Waals surface area contributed by atoms with E-state index in [4.69, 9.17) is 5.26 Å². The second-order valence-electron chi connectivity index (χ2n) is 4.74. The van der Waals surface area contributed by atoms with Crippen molar-refractivity contribution in [1.29, 1.82) is 5.26 Å². The topological polar surface area (TPSA) is 36.1 Å². The van der Waals surface area contributed by atoms with Crippen molar-refractivity contribution in [2.24, 2.45) is 4.99 Å². The lowest BCUT2D eigenvalue weighted by Gasteiger charge is -2.06. The lowest BCUT2D eigenvalue weighted by atomic mass is 10.1. The van der Waals surface area contributed by atoms with E-state index in [1.807, 2.05) is 18.3 Å². The van der Waals surface area contributed by atoms with Crippen molar-refractivity contribution in [3.8, 4) is 6.07 Å². The van der Waals surface area contributed by atoms with Crippen LogP contribution in [-0.4, -0.2) is 6.21 Å². The summed E-state index contributed by atoms with van der Waals surface area (Å²) in [6.07, 6.45) is 1.84. The quantitative estimate of drug-likeness (QED) is 0.732. The van der Waals surface area contributed by atoms with Crippen LogP contribution in [0, 0.1) is 32.1 Å². The van der Waals surface area contributed by atoms with Crippen molar-refractivity contribution in [2.75, 3.05) is 0 Å². The first-order chi connectivity index (χ1) is 9.10. The number of aliphatic imine (C=N–C) groups is 1. The predicted molar refractivity (Wildman–Crippen MR) is 79.1 cm³/mol. The molecule has 0 fully saturated rings. The van der Waals surface area contributed by atoms with Crippen molar-refractivity contribution in [3.05, 3.63) is 64.2 Å². The summed E-state index contributed by atoms with van der Waals surface area (Å²) in [4.78, 5) is 4.56. The largest absolute Gasteiger partial charge is 0.256 e. The Bertz CT molecular complexity index is 636. The molecule has 0 unspecified atom stereocenters. The first-order valence-corrected chi connectivity index (χ1v) is 6.22. The number of rotatable bonds is 2. The van der Waals surface area contributed by atoms with Crippen LogP contribution in [0.15, 0.2) is 41.4 Å². The van der Waals surface area contributed by atoms with Gasteiger partial charge in [0.1, 0.15) is 0 Å². The molecule has 0 atom stereocenters. The minimum absolute atomic E-state index is 0.667. The van der Waals surface area contributed by atoms with Gasteiger partial charge in [-0.05, 0) is 49.6 Å². The maximum Gasteiger partial charge on any atom is 0.0991 e. The molecule has 0 aromatic heterocycles. The zero-order valence-corrected chi connectivity index (χ0v) is 11.4. The summed E-state index contributed by atoms with van der Waals surface area (Å²) in [5, 5.41) is 8.75. The smallest absolute Gasteiger partial charge is 0.0991 e. The van der Waals surface area contributed by atoms with Crippen LogP contribution in [0.25, 0.3) is 0 Å². The highest BCUT2D eigenvalue weighted by molar-refractivity contribution is 5.83. The van der Waals surface area contributed by atoms with E-state index in [1.54, 1.807) is 12.1 Å². The lowest BCUT2D eigenvalue weighted by molar-refractivity contribution is 1.29. The van der Waals surface area contributed by atoms with Crippen LogP contribution in [0.1, 0.15) is 27.8 Å². The van der Waals surface area contributed by atoms with Gasteiger partial charge in [-0.3, -0.25) is 4.99 Å². The standard InChI is InChI=1S/C17H16N2/c1-12-8-13(2)17(14(3)9-12)19-11-16-6-4-15(10-18)5-7-16/h4-9,11H,1-3H3. The SMILES string of the molecule is Cc1cc(C)c(N=Cc2ccc(C#N)cc2)c(C)c1. The fourth-order valence-electron chi connectivity index (χ4n) is 2.16. The van der Waals surface area contributed by atoms with Crippen molar-refractivity contribution in [2.45, 2.75) is 20.8 Å². The number of nitriles is 1. The van der Waals surface area contributed by atoms with Gasteiger partial charge in [0.05, 0.1) is 17.3 Å². The zero-order chi connectivity index (χ0) is 13.8. The molecular formula is C17H16N2. The molecule has 94 valence electrons. The summed E-state index contributed by atoms with van der Waals surface area (Å²) in [5.41, 5.74) is 6.31. The number of aryl methyl sites for hydroxylation is 3. The second kappa shape index (κ2) is 5.49. The molecule has 0 amide bonds. The van der Waals surface area contributed by atoms with E-state index in [1.165, 1.54) is 16.7 Å². The molecule has 19 heavy (non-hydrogen) atoms. The van der Waals surface area contributed by atoms with E-state index < -0.39 is 0 Å². The number of nitrogens with zero attached hydrogens (tertiary/aromatic N) is 2. The number of hydrogen-bond acceptors (Lipinski definition) is 2. The summed E-state index contributed by atoms with van der Waals surface area (Å²) < 4.78 is 0. The molecule has 0 saturated heterocycles. The molecule has 0 aliphatic rings. The molecule has 2 nitrogen and oxygen atoms in total. The Morgan fingerprint density at radius 2 is 1.58 bits per heavy atom. The minimum Gasteiger partial charge on any atom is -0.256 e. The van der Waals surface area contributed by atoms with E-state index in [2.05, 4.69) is 44.0 Å². The van der Waals surface area contributed by atoms with E-state index in [9.17, 15) is 0 Å². The maximum absolute atomic E-state index is 8.75. The average molecular weight is 248 g/mol. The van der Waals surface area contributed by atoms with E-state index in [-0.39, 0.29) is 0 Å². The van der Waals surface area contributed by atoms with Gasteiger partial charge < -0.3 is 0 Å². The van der Waals surface area contributed by atoms with Crippen molar-refractivity contribution < 1.29 is 0 Å². The van der Waals surface area contributed by atoms with Crippen LogP contribution < -0.4 is 0 Å². The minimum atomic E-state index is 0.667. The molecule has 2 aromatic rings. The van der Waals surface area contributed by atoms with Gasteiger partial charge in [-0.25, -0.2) is 0 Å². The Kier molecular flexibility index (Phi) is 3.77. The molecule has 0 heterocycles. The Morgan fingerprint density at radius 1 is 1.00 bits per heavy atom. The van der Waals surface area contributed by atoms with Crippen molar-refractivity contribution >= 4 is 11.9 Å². The van der Waals surface area contributed by atoms with Crippen LogP contribution in [0.4, 0.5) is 5.69 Å². The third-order valence-corrected chi connectivity index (χ3v) is 3.02. The molecule has 0 N–H and O–H groups in total. The van der Waals surface area contributed by atoms with Crippen LogP contribution in [0.5, 0.6) is 0 Å². The number of hydrogen-bond donors (Lipinski definition) is 0. The predicted octanol–water partition coefficient (Wildman–Crippen LogP) is 4.23. The fourth-order valence-corrected chi connectivity index (χ4v) is 2.16. The third-order valence-electron chi connectivity index (χ3n) is 3.02. The molecule has 2 aromatic carbocycles. The van der Waals surface area contributed by atoms with Crippen LogP contribution >= 0.6 is 0 Å². The lowest BCUT2D eigenvalue weighted by Crippen LogP contribution is -1.86. The normalized spacial score (nSPS) is 10.6. The van der Waals surface area contributed by atoms with Gasteiger partial charge >= 0.3 is 0 Å². The highest BCUT2D eigenvalue weighted by Gasteiger charge is 2.01. The first-order valence-electron chi connectivity index (χ1n) is 6.22. The monoisotopic (exact) mass is 248 g/mol. The van der Waals surface area contributed by atoms with Gasteiger partial charge in [0.15, 0.2) is 0 Å². The molecular weight excluding hydrogens is 232 g/mol. The van der Waals surface area contributed by atoms with Gasteiger partial charge in [-0.1, -0.05) is 29.8 Å². The van der Waals surface area contributed by atoms with Crippen LogP contribution in [-0.2, 0) is 0 Å². The maximum atomic E-state index is 8.75. The van der Waals surface area contributed by atoms with Crippen LogP contribution in [0.2, 0.25) is 0 Å². The zero-order valence-electron chi connectivity index (χ0n) is 11.4. The molecule has 2 rings (SSSR count). The van der Waals surface area contributed by atoms with Crippen molar-refractivity contribution in [1.82, 2.24) is 0 Å². The Balaban J connectivity index is 2.30. The summed E-state index contributed by atoms with van der Waals surface area (Å²) >= 11 is 0. The summed E-state index contributed by atoms with van der Waals surface area (Å²) in [5.74, 6) is 0. The molecule has 0 radical (unpaired) electrons. The average Bonchev–Trinajstić information content (AvgIpc) is 2.38. The van der Waals surface area contributed by atoms with Crippen molar-refractivity contribution in [3.63, 3.8) is 0 Å². The summed E-state index contributed by atoms with van der Waals surface area (Å²) in [6.45, 7) is 6.24. The molecule has 0 spiro atoms. The fraction of sp³-hybridized carbons (Fsp3) is 0.176. The second-order valence-corrected chi connectivity index (χ2v) is 4.74. The molecule has 0 bridgehead atoms. The Labute approximate surface area is 114 Å². The summed E-state index contributed by atoms with van der Waals surface area (Å²) in [7, 11) is 0. The molecule has 2 heteroatoms. The van der Waals surface area contributed by atoms with Gasteiger partial charge in [0.2, 0.25) is 0 Å². The third kappa shape index (κ3) is 3.08. The first kappa shape index (κ1) is 13.0. The van der Waals surface area contributed by atoms with Crippen LogP contribution in [0.3, 0.4) is 0 Å². The van der Waals surface area contributed by atoms with Gasteiger partial charge in [-0.2, -0.15) is 5.26 Å². The van der Waals surface area contributed by atoms with Gasteiger partial charge in [0.25, 0.3) is 0 Å². The van der Waals surface area contributed by atoms with Gasteiger partial charge in [-0.15, -0.1) is 0 Å².